The first-order valence-electron chi connectivity index (χ1n) is 7.07. The van der Waals surface area contributed by atoms with E-state index in [2.05, 4.69) is 15.3 Å². The van der Waals surface area contributed by atoms with E-state index < -0.39 is 5.97 Å². The fourth-order valence-corrected chi connectivity index (χ4v) is 2.13. The van der Waals surface area contributed by atoms with Crippen LogP contribution in [0.2, 0.25) is 0 Å². The van der Waals surface area contributed by atoms with Crippen LogP contribution in [0.5, 0.6) is 0 Å². The molecule has 0 radical (unpaired) electrons. The summed E-state index contributed by atoms with van der Waals surface area (Å²) in [6, 6.07) is 8.05. The molecule has 0 spiro atoms. The minimum Gasteiger partial charge on any atom is -0.478 e. The molecule has 1 aliphatic carbocycles. The number of amides is 1. The third-order valence-electron chi connectivity index (χ3n) is 3.48. The van der Waals surface area contributed by atoms with Crippen molar-refractivity contribution in [3.63, 3.8) is 0 Å². The Balaban J connectivity index is 1.65. The average molecular weight is 297 g/mol. The quantitative estimate of drug-likeness (QED) is 0.880. The van der Waals surface area contributed by atoms with Crippen molar-refractivity contribution in [1.29, 1.82) is 0 Å². The Labute approximate surface area is 127 Å². The molecule has 1 aromatic carbocycles. The van der Waals surface area contributed by atoms with E-state index >= 15 is 0 Å². The van der Waals surface area contributed by atoms with Crippen molar-refractivity contribution >= 4 is 11.9 Å². The van der Waals surface area contributed by atoms with Crippen molar-refractivity contribution in [2.24, 2.45) is 0 Å². The van der Waals surface area contributed by atoms with Gasteiger partial charge in [-0.15, -0.1) is 0 Å². The summed E-state index contributed by atoms with van der Waals surface area (Å²) in [5, 5.41) is 11.7. The summed E-state index contributed by atoms with van der Waals surface area (Å²) in [7, 11) is 0. The van der Waals surface area contributed by atoms with Crippen LogP contribution in [0.4, 0.5) is 0 Å². The second-order valence-corrected chi connectivity index (χ2v) is 5.26. The highest BCUT2D eigenvalue weighted by atomic mass is 16.4. The zero-order chi connectivity index (χ0) is 15.5. The fraction of sp³-hybridized carbons (Fsp3) is 0.250. The van der Waals surface area contributed by atoms with Gasteiger partial charge < -0.3 is 10.4 Å². The third-order valence-corrected chi connectivity index (χ3v) is 3.48. The van der Waals surface area contributed by atoms with Gasteiger partial charge in [0.05, 0.1) is 5.56 Å². The van der Waals surface area contributed by atoms with Gasteiger partial charge in [-0.1, -0.05) is 12.1 Å². The average Bonchev–Trinajstić information content (AvgIpc) is 3.38. The summed E-state index contributed by atoms with van der Waals surface area (Å²) in [5.41, 5.74) is 1.26. The highest BCUT2D eigenvalue weighted by molar-refractivity contribution is 5.92. The van der Waals surface area contributed by atoms with Crippen molar-refractivity contribution in [3.8, 4) is 0 Å². The molecule has 2 aromatic rings. The highest BCUT2D eigenvalue weighted by Crippen LogP contribution is 2.37. The maximum atomic E-state index is 12.1. The topological polar surface area (TPSA) is 92.2 Å². The van der Waals surface area contributed by atoms with Crippen molar-refractivity contribution in [2.45, 2.75) is 25.3 Å². The molecule has 1 amide bonds. The van der Waals surface area contributed by atoms with Crippen LogP contribution in [-0.2, 0) is 6.54 Å². The van der Waals surface area contributed by atoms with Gasteiger partial charge in [-0.05, 0) is 36.6 Å². The summed E-state index contributed by atoms with van der Waals surface area (Å²) in [6.45, 7) is 0.253. The molecule has 1 fully saturated rings. The van der Waals surface area contributed by atoms with Crippen LogP contribution in [-0.4, -0.2) is 27.0 Å². The van der Waals surface area contributed by atoms with Gasteiger partial charge in [-0.3, -0.25) is 4.79 Å². The van der Waals surface area contributed by atoms with Crippen LogP contribution in [0, 0.1) is 0 Å². The number of carbonyl (C=O) groups excluding carboxylic acids is 1. The van der Waals surface area contributed by atoms with E-state index in [1.54, 1.807) is 24.4 Å². The molecule has 0 bridgehead atoms. The van der Waals surface area contributed by atoms with Crippen LogP contribution < -0.4 is 5.32 Å². The molecule has 22 heavy (non-hydrogen) atoms. The minimum atomic E-state index is -0.988. The Morgan fingerprint density at radius 2 is 2.09 bits per heavy atom. The van der Waals surface area contributed by atoms with Crippen LogP contribution in [0.25, 0.3) is 0 Å². The number of nitrogens with zero attached hydrogens (tertiary/aromatic N) is 2. The Kier molecular flexibility index (Phi) is 3.82. The number of benzene rings is 1. The van der Waals surface area contributed by atoms with Gasteiger partial charge in [0.1, 0.15) is 11.5 Å². The first kappa shape index (κ1) is 14.2. The van der Waals surface area contributed by atoms with Crippen molar-refractivity contribution in [2.75, 3.05) is 0 Å². The molecular weight excluding hydrogens is 282 g/mol. The zero-order valence-electron chi connectivity index (χ0n) is 11.8. The molecule has 1 saturated carbocycles. The Morgan fingerprint density at radius 3 is 2.82 bits per heavy atom. The number of aromatic carboxylic acids is 1. The number of hydrogen-bond acceptors (Lipinski definition) is 4. The van der Waals surface area contributed by atoms with Crippen LogP contribution >= 0.6 is 0 Å². The summed E-state index contributed by atoms with van der Waals surface area (Å²) in [6.07, 6.45) is 3.75. The normalized spacial score (nSPS) is 13.6. The SMILES string of the molecule is O=C(O)c1cccc(CNC(=O)c2ccnc(C3CC3)n2)c1. The van der Waals surface area contributed by atoms with Gasteiger partial charge in [0.15, 0.2) is 0 Å². The summed E-state index contributed by atoms with van der Waals surface area (Å²) < 4.78 is 0. The molecular formula is C16H15N3O3. The highest BCUT2D eigenvalue weighted by Gasteiger charge is 2.27. The fourth-order valence-electron chi connectivity index (χ4n) is 2.13. The number of carboxylic acids is 1. The molecule has 3 rings (SSSR count). The number of aromatic nitrogens is 2. The number of rotatable bonds is 5. The summed E-state index contributed by atoms with van der Waals surface area (Å²) in [4.78, 5) is 31.5. The molecule has 0 atom stereocenters. The number of hydrogen-bond donors (Lipinski definition) is 2. The van der Waals surface area contributed by atoms with Gasteiger partial charge in [0.25, 0.3) is 5.91 Å². The molecule has 0 saturated heterocycles. The van der Waals surface area contributed by atoms with Crippen LogP contribution in [0.15, 0.2) is 36.5 Å². The molecule has 1 aliphatic rings. The van der Waals surface area contributed by atoms with Gasteiger partial charge >= 0.3 is 5.97 Å². The second-order valence-electron chi connectivity index (χ2n) is 5.26. The molecule has 0 unspecified atom stereocenters. The Morgan fingerprint density at radius 1 is 1.27 bits per heavy atom. The van der Waals surface area contributed by atoms with Crippen molar-refractivity contribution in [3.05, 3.63) is 59.2 Å². The number of carboxylic acid groups (broad SMARTS) is 1. The molecule has 6 heteroatoms. The van der Waals surface area contributed by atoms with E-state index in [-0.39, 0.29) is 18.0 Å². The predicted octanol–water partition coefficient (Wildman–Crippen LogP) is 1.98. The van der Waals surface area contributed by atoms with Gasteiger partial charge in [-0.25, -0.2) is 14.8 Å². The maximum absolute atomic E-state index is 12.1. The number of nitrogens with one attached hydrogen (secondary N) is 1. The Hall–Kier alpha value is -2.76. The standard InChI is InChI=1S/C16H15N3O3/c20-15(13-6-7-17-14(19-13)11-4-5-11)18-9-10-2-1-3-12(8-10)16(21)22/h1-3,6-8,11H,4-5,9H2,(H,18,20)(H,21,22). The lowest BCUT2D eigenvalue weighted by molar-refractivity contribution is 0.0696. The molecule has 112 valence electrons. The van der Waals surface area contributed by atoms with Crippen LogP contribution in [0.3, 0.4) is 0 Å². The predicted molar refractivity (Wildman–Crippen MR) is 78.6 cm³/mol. The lowest BCUT2D eigenvalue weighted by Crippen LogP contribution is -2.24. The molecule has 0 aliphatic heterocycles. The van der Waals surface area contributed by atoms with Gasteiger partial charge in [0.2, 0.25) is 0 Å². The lowest BCUT2D eigenvalue weighted by atomic mass is 10.1. The number of carbonyl (C=O) groups is 2. The van der Waals surface area contributed by atoms with Gasteiger partial charge in [-0.2, -0.15) is 0 Å². The minimum absolute atomic E-state index is 0.199. The van der Waals surface area contributed by atoms with Gasteiger partial charge in [0, 0.05) is 18.7 Å². The largest absolute Gasteiger partial charge is 0.478 e. The molecule has 1 aromatic heterocycles. The summed E-state index contributed by atoms with van der Waals surface area (Å²) >= 11 is 0. The van der Waals surface area contributed by atoms with E-state index in [9.17, 15) is 9.59 Å². The van der Waals surface area contributed by atoms with E-state index in [0.717, 1.165) is 24.2 Å². The molecule has 6 nitrogen and oxygen atoms in total. The Bertz CT molecular complexity index is 726. The first-order valence-corrected chi connectivity index (χ1v) is 7.07. The van der Waals surface area contributed by atoms with E-state index in [4.69, 9.17) is 5.11 Å². The maximum Gasteiger partial charge on any atom is 0.335 e. The molecule has 1 heterocycles. The molecule has 2 N–H and O–H groups in total. The monoisotopic (exact) mass is 297 g/mol. The van der Waals surface area contributed by atoms with E-state index in [0.29, 0.717) is 11.6 Å². The van der Waals surface area contributed by atoms with Crippen molar-refractivity contribution < 1.29 is 14.7 Å². The second kappa shape index (κ2) is 5.93. The van der Waals surface area contributed by atoms with E-state index in [1.165, 1.54) is 12.1 Å². The van der Waals surface area contributed by atoms with Crippen molar-refractivity contribution in [1.82, 2.24) is 15.3 Å². The lowest BCUT2D eigenvalue weighted by Gasteiger charge is -2.06. The zero-order valence-corrected chi connectivity index (χ0v) is 11.8. The smallest absolute Gasteiger partial charge is 0.335 e. The van der Waals surface area contributed by atoms with E-state index in [1.807, 2.05) is 0 Å². The third kappa shape index (κ3) is 3.28. The summed E-state index contributed by atoms with van der Waals surface area (Å²) in [5.74, 6) is -0.163. The first-order chi connectivity index (χ1) is 10.6. The van der Waals surface area contributed by atoms with Crippen LogP contribution in [0.1, 0.15) is 51.0 Å².